The summed E-state index contributed by atoms with van der Waals surface area (Å²) in [5.41, 5.74) is 1.02. The summed E-state index contributed by atoms with van der Waals surface area (Å²) in [6, 6.07) is 9.88. The highest BCUT2D eigenvalue weighted by Gasteiger charge is 2.07. The van der Waals surface area contributed by atoms with Crippen LogP contribution >= 0.6 is 24.8 Å². The van der Waals surface area contributed by atoms with Crippen LogP contribution in [0.4, 0.5) is 0 Å². The summed E-state index contributed by atoms with van der Waals surface area (Å²) >= 11 is 0. The first-order chi connectivity index (χ1) is 10.8. The van der Waals surface area contributed by atoms with Crippen LogP contribution in [0.3, 0.4) is 0 Å². The van der Waals surface area contributed by atoms with E-state index < -0.39 is 0 Å². The molecule has 2 rings (SSSR count). The van der Waals surface area contributed by atoms with Gasteiger partial charge in [0.2, 0.25) is 5.91 Å². The summed E-state index contributed by atoms with van der Waals surface area (Å²) in [4.78, 5) is 15.9. The fourth-order valence-electron chi connectivity index (χ4n) is 2.14. The molecule has 0 saturated heterocycles. The van der Waals surface area contributed by atoms with E-state index in [1.807, 2.05) is 37.4 Å². The number of nitrogens with one attached hydrogen (secondary N) is 2. The molecular formula is C17H25Cl2N3O2. The van der Waals surface area contributed by atoms with Crippen LogP contribution in [-0.4, -0.2) is 31.0 Å². The molecular weight excluding hydrogens is 349 g/mol. The number of hydrogen-bond acceptors (Lipinski definition) is 4. The van der Waals surface area contributed by atoms with Crippen LogP contribution in [0.25, 0.3) is 11.3 Å². The van der Waals surface area contributed by atoms with Crippen LogP contribution in [0.15, 0.2) is 40.9 Å². The monoisotopic (exact) mass is 373 g/mol. The van der Waals surface area contributed by atoms with Crippen molar-refractivity contribution in [2.75, 3.05) is 20.1 Å². The molecule has 2 aromatic rings. The minimum absolute atomic E-state index is 0. The highest BCUT2D eigenvalue weighted by Crippen LogP contribution is 2.20. The van der Waals surface area contributed by atoms with Crippen LogP contribution in [0.2, 0.25) is 0 Å². The van der Waals surface area contributed by atoms with E-state index in [0.717, 1.165) is 37.3 Å². The molecule has 5 nitrogen and oxygen atoms in total. The first kappa shape index (κ1) is 22.4. The van der Waals surface area contributed by atoms with Gasteiger partial charge >= 0.3 is 0 Å². The Kier molecular flexibility index (Phi) is 12.0. The summed E-state index contributed by atoms with van der Waals surface area (Å²) in [5.74, 6) is 1.54. The second-order valence-corrected chi connectivity index (χ2v) is 5.14. The molecule has 0 saturated carbocycles. The van der Waals surface area contributed by atoms with E-state index in [4.69, 9.17) is 4.42 Å². The van der Waals surface area contributed by atoms with Gasteiger partial charge in [0.15, 0.2) is 11.7 Å². The standard InChI is InChI=1S/C17H23N3O2.2ClH/c1-18-11-6-12-19-16(21)9-5-10-17-20-13-15(22-17)14-7-3-2-4-8-14;;/h2-4,7-8,13,18H,5-6,9-12H2,1H3,(H,19,21);2*1H. The number of oxazole rings is 1. The third kappa shape index (κ3) is 7.81. The average molecular weight is 374 g/mol. The molecule has 0 atom stereocenters. The Bertz CT molecular complexity index is 576. The Morgan fingerprint density at radius 1 is 1.12 bits per heavy atom. The van der Waals surface area contributed by atoms with Crippen LogP contribution in [0.1, 0.15) is 25.2 Å². The molecule has 0 aliphatic rings. The smallest absolute Gasteiger partial charge is 0.220 e. The van der Waals surface area contributed by atoms with E-state index >= 15 is 0 Å². The average Bonchev–Trinajstić information content (AvgIpc) is 3.01. The number of rotatable bonds is 9. The van der Waals surface area contributed by atoms with Gasteiger partial charge in [-0.25, -0.2) is 4.98 Å². The Morgan fingerprint density at radius 2 is 1.88 bits per heavy atom. The molecule has 0 aliphatic heterocycles. The second kappa shape index (κ2) is 12.8. The SMILES string of the molecule is CNCCCNC(=O)CCCc1ncc(-c2ccccc2)o1.Cl.Cl. The maximum absolute atomic E-state index is 11.6. The molecule has 0 bridgehead atoms. The fraction of sp³-hybridized carbons (Fsp3) is 0.412. The number of carbonyl (C=O) groups excluding carboxylic acids is 1. The summed E-state index contributed by atoms with van der Waals surface area (Å²) in [5, 5.41) is 5.95. The van der Waals surface area contributed by atoms with Crippen molar-refractivity contribution in [2.45, 2.75) is 25.7 Å². The van der Waals surface area contributed by atoms with Crippen molar-refractivity contribution in [3.8, 4) is 11.3 Å². The molecule has 1 aromatic heterocycles. The molecule has 0 aliphatic carbocycles. The van der Waals surface area contributed by atoms with E-state index in [-0.39, 0.29) is 30.7 Å². The van der Waals surface area contributed by atoms with Gasteiger partial charge in [0.1, 0.15) is 0 Å². The predicted octanol–water partition coefficient (Wildman–Crippen LogP) is 3.23. The zero-order valence-corrected chi connectivity index (χ0v) is 15.4. The molecule has 7 heteroatoms. The van der Waals surface area contributed by atoms with Gasteiger partial charge < -0.3 is 15.1 Å². The van der Waals surface area contributed by atoms with Gasteiger partial charge in [0.25, 0.3) is 0 Å². The molecule has 1 aromatic carbocycles. The minimum Gasteiger partial charge on any atom is -0.441 e. The van der Waals surface area contributed by atoms with Crippen LogP contribution in [-0.2, 0) is 11.2 Å². The van der Waals surface area contributed by atoms with E-state index in [2.05, 4.69) is 15.6 Å². The molecule has 0 fully saturated rings. The highest BCUT2D eigenvalue weighted by atomic mass is 35.5. The van der Waals surface area contributed by atoms with Crippen molar-refractivity contribution in [3.63, 3.8) is 0 Å². The van der Waals surface area contributed by atoms with E-state index in [9.17, 15) is 4.79 Å². The zero-order chi connectivity index (χ0) is 15.6. The number of hydrogen-bond donors (Lipinski definition) is 2. The lowest BCUT2D eigenvalue weighted by Gasteiger charge is -2.04. The van der Waals surface area contributed by atoms with Crippen LogP contribution in [0, 0.1) is 0 Å². The predicted molar refractivity (Wildman–Crippen MR) is 101 cm³/mol. The number of amides is 1. The van der Waals surface area contributed by atoms with Gasteiger partial charge in [-0.15, -0.1) is 24.8 Å². The van der Waals surface area contributed by atoms with Crippen molar-refractivity contribution < 1.29 is 9.21 Å². The largest absolute Gasteiger partial charge is 0.441 e. The highest BCUT2D eigenvalue weighted by molar-refractivity contribution is 5.85. The summed E-state index contributed by atoms with van der Waals surface area (Å²) in [6.45, 7) is 1.63. The maximum Gasteiger partial charge on any atom is 0.220 e. The van der Waals surface area contributed by atoms with Crippen LogP contribution in [0.5, 0.6) is 0 Å². The van der Waals surface area contributed by atoms with Crippen molar-refractivity contribution in [3.05, 3.63) is 42.4 Å². The topological polar surface area (TPSA) is 67.2 Å². The third-order valence-electron chi connectivity index (χ3n) is 3.33. The van der Waals surface area contributed by atoms with Crippen molar-refractivity contribution >= 4 is 30.7 Å². The third-order valence-corrected chi connectivity index (χ3v) is 3.33. The van der Waals surface area contributed by atoms with Gasteiger partial charge in [-0.05, 0) is 26.4 Å². The number of aromatic nitrogens is 1. The molecule has 0 spiro atoms. The van der Waals surface area contributed by atoms with Gasteiger partial charge in [0, 0.05) is 24.9 Å². The first-order valence-corrected chi connectivity index (χ1v) is 7.71. The van der Waals surface area contributed by atoms with E-state index in [1.54, 1.807) is 6.20 Å². The number of aryl methyl sites for hydroxylation is 1. The minimum atomic E-state index is 0. The number of carbonyl (C=O) groups is 1. The van der Waals surface area contributed by atoms with Crippen molar-refractivity contribution in [1.29, 1.82) is 0 Å². The molecule has 0 radical (unpaired) electrons. The zero-order valence-electron chi connectivity index (χ0n) is 13.8. The Labute approximate surface area is 155 Å². The van der Waals surface area contributed by atoms with Crippen molar-refractivity contribution in [1.82, 2.24) is 15.6 Å². The van der Waals surface area contributed by atoms with Crippen LogP contribution < -0.4 is 10.6 Å². The summed E-state index contributed by atoms with van der Waals surface area (Å²) in [7, 11) is 1.90. The van der Waals surface area contributed by atoms with Crippen molar-refractivity contribution in [2.24, 2.45) is 0 Å². The van der Waals surface area contributed by atoms with Gasteiger partial charge in [-0.2, -0.15) is 0 Å². The quantitative estimate of drug-likeness (QED) is 0.662. The lowest BCUT2D eigenvalue weighted by molar-refractivity contribution is -0.121. The summed E-state index contributed by atoms with van der Waals surface area (Å²) in [6.07, 6.45) is 4.61. The number of nitrogens with zero attached hydrogens (tertiary/aromatic N) is 1. The number of halogens is 2. The van der Waals surface area contributed by atoms with E-state index in [1.165, 1.54) is 0 Å². The lowest BCUT2D eigenvalue weighted by Crippen LogP contribution is -2.26. The normalized spacial score (nSPS) is 9.71. The Hall–Kier alpha value is -1.56. The van der Waals surface area contributed by atoms with Gasteiger partial charge in [0.05, 0.1) is 6.20 Å². The molecule has 134 valence electrons. The molecule has 1 heterocycles. The summed E-state index contributed by atoms with van der Waals surface area (Å²) < 4.78 is 5.71. The molecule has 24 heavy (non-hydrogen) atoms. The van der Waals surface area contributed by atoms with Gasteiger partial charge in [-0.1, -0.05) is 30.3 Å². The Morgan fingerprint density at radius 3 is 2.58 bits per heavy atom. The Balaban J connectivity index is 0.00000264. The molecule has 0 unspecified atom stereocenters. The maximum atomic E-state index is 11.6. The van der Waals surface area contributed by atoms with Gasteiger partial charge in [-0.3, -0.25) is 4.79 Å². The number of benzene rings is 1. The molecule has 1 amide bonds. The molecule has 2 N–H and O–H groups in total. The first-order valence-electron chi connectivity index (χ1n) is 7.71. The lowest BCUT2D eigenvalue weighted by atomic mass is 10.2. The second-order valence-electron chi connectivity index (χ2n) is 5.14. The van der Waals surface area contributed by atoms with E-state index in [0.29, 0.717) is 18.7 Å². The fourth-order valence-corrected chi connectivity index (χ4v) is 2.14.